The van der Waals surface area contributed by atoms with Gasteiger partial charge < -0.3 is 5.32 Å². The van der Waals surface area contributed by atoms with E-state index in [1.54, 1.807) is 0 Å². The Labute approximate surface area is 55.0 Å². The smallest absolute Gasteiger partial charge is 0.211 e. The molecule has 0 unspecified atom stereocenters. The van der Waals surface area contributed by atoms with Gasteiger partial charge in [-0.25, -0.2) is 0 Å². The van der Waals surface area contributed by atoms with Crippen LogP contribution in [0.5, 0.6) is 0 Å². The van der Waals surface area contributed by atoms with Gasteiger partial charge >= 0.3 is 0 Å². The van der Waals surface area contributed by atoms with Crippen LogP contribution in [0.1, 0.15) is 1.43 Å². The van der Waals surface area contributed by atoms with Gasteiger partial charge in [-0.1, -0.05) is 18.2 Å². The van der Waals surface area contributed by atoms with Crippen molar-refractivity contribution >= 4 is 12.1 Å². The Kier molecular flexibility index (Phi) is 1.85. The SMILES string of the molecule is O=CNc1ccccc1.[HH]. The van der Waals surface area contributed by atoms with E-state index in [9.17, 15) is 4.79 Å². The van der Waals surface area contributed by atoms with Crippen LogP contribution in [0.15, 0.2) is 30.3 Å². The maximum absolute atomic E-state index is 9.86. The van der Waals surface area contributed by atoms with Crippen LogP contribution in [0, 0.1) is 0 Å². The summed E-state index contributed by atoms with van der Waals surface area (Å²) in [5.41, 5.74) is 0.826. The lowest BCUT2D eigenvalue weighted by Gasteiger charge is -1.93. The van der Waals surface area contributed by atoms with Gasteiger partial charge in [0.1, 0.15) is 0 Å². The zero-order chi connectivity index (χ0) is 6.53. The first-order valence-corrected chi connectivity index (χ1v) is 2.69. The average Bonchev–Trinajstić information content (AvgIpc) is 1.91. The molecule has 0 radical (unpaired) electrons. The monoisotopic (exact) mass is 123 g/mol. The van der Waals surface area contributed by atoms with Gasteiger partial charge in [0.25, 0.3) is 0 Å². The first kappa shape index (κ1) is 5.82. The van der Waals surface area contributed by atoms with Crippen LogP contribution in [-0.2, 0) is 4.79 Å². The molecule has 1 N–H and O–H groups in total. The highest BCUT2D eigenvalue weighted by Crippen LogP contribution is 2.01. The highest BCUT2D eigenvalue weighted by molar-refractivity contribution is 5.70. The summed E-state index contributed by atoms with van der Waals surface area (Å²) in [6, 6.07) is 9.29. The third-order valence-corrected chi connectivity index (χ3v) is 0.999. The van der Waals surface area contributed by atoms with Crippen molar-refractivity contribution in [3.63, 3.8) is 0 Å². The topological polar surface area (TPSA) is 29.1 Å². The molecule has 2 nitrogen and oxygen atoms in total. The molecule has 1 aromatic rings. The van der Waals surface area contributed by atoms with Crippen molar-refractivity contribution in [2.45, 2.75) is 0 Å². The molecule has 0 aliphatic heterocycles. The van der Waals surface area contributed by atoms with E-state index >= 15 is 0 Å². The lowest BCUT2D eigenvalue weighted by atomic mass is 10.3. The lowest BCUT2D eigenvalue weighted by Crippen LogP contribution is -1.91. The fraction of sp³-hybridized carbons (Fsp3) is 0. The summed E-state index contributed by atoms with van der Waals surface area (Å²) in [6.07, 6.45) is 0.662. The van der Waals surface area contributed by atoms with Gasteiger partial charge in [0.15, 0.2) is 0 Å². The summed E-state index contributed by atoms with van der Waals surface area (Å²) in [7, 11) is 0. The number of benzene rings is 1. The molecule has 0 spiro atoms. The minimum Gasteiger partial charge on any atom is -0.329 e. The van der Waals surface area contributed by atoms with Crippen molar-refractivity contribution in [3.8, 4) is 0 Å². The maximum Gasteiger partial charge on any atom is 0.211 e. The molecule has 0 saturated heterocycles. The molecule has 0 saturated carbocycles. The first-order chi connectivity index (χ1) is 4.43. The number of hydrogen-bond donors (Lipinski definition) is 1. The molecule has 0 atom stereocenters. The standard InChI is InChI=1S/C7H7NO.H2/c9-6-8-7-4-2-1-3-5-7;/h1-6H,(H,8,9);1H. The summed E-state index contributed by atoms with van der Waals surface area (Å²) in [4.78, 5) is 9.86. The fourth-order valence-electron chi connectivity index (χ4n) is 0.602. The van der Waals surface area contributed by atoms with Crippen molar-refractivity contribution in [2.24, 2.45) is 0 Å². The van der Waals surface area contributed by atoms with Crippen molar-refractivity contribution in [2.75, 3.05) is 5.32 Å². The minimum atomic E-state index is 0. The highest BCUT2D eigenvalue weighted by atomic mass is 16.1. The predicted octanol–water partition coefficient (Wildman–Crippen LogP) is 1.50. The van der Waals surface area contributed by atoms with Crippen molar-refractivity contribution < 1.29 is 6.22 Å². The second-order valence-corrected chi connectivity index (χ2v) is 1.63. The van der Waals surface area contributed by atoms with Crippen LogP contribution in [0.2, 0.25) is 0 Å². The van der Waals surface area contributed by atoms with Gasteiger partial charge in [0, 0.05) is 7.11 Å². The summed E-state index contributed by atoms with van der Waals surface area (Å²) in [5.74, 6) is 0. The third-order valence-electron chi connectivity index (χ3n) is 0.999. The molecule has 48 valence electrons. The third kappa shape index (κ3) is 1.57. The van der Waals surface area contributed by atoms with Gasteiger partial charge in [0.05, 0.1) is 0 Å². The van der Waals surface area contributed by atoms with Crippen LogP contribution in [0.3, 0.4) is 0 Å². The van der Waals surface area contributed by atoms with E-state index in [4.69, 9.17) is 0 Å². The van der Waals surface area contributed by atoms with Crippen molar-refractivity contribution in [1.82, 2.24) is 0 Å². The molecule has 2 heteroatoms. The van der Waals surface area contributed by atoms with Crippen LogP contribution in [0.4, 0.5) is 5.69 Å². The van der Waals surface area contributed by atoms with Crippen LogP contribution < -0.4 is 5.32 Å². The normalized spacial score (nSPS) is 8.44. The Morgan fingerprint density at radius 3 is 2.56 bits per heavy atom. The molecule has 0 aliphatic rings. The van der Waals surface area contributed by atoms with Crippen molar-refractivity contribution in [3.05, 3.63) is 30.3 Å². The van der Waals surface area contributed by atoms with Gasteiger partial charge in [-0.15, -0.1) is 0 Å². The Bertz CT molecular complexity index is 188. The predicted molar refractivity (Wildman–Crippen MR) is 38.2 cm³/mol. The number of carbonyl (C=O) groups is 1. The van der Waals surface area contributed by atoms with Crippen LogP contribution in [0.25, 0.3) is 0 Å². The number of para-hydroxylation sites is 1. The molecule has 0 aromatic heterocycles. The highest BCUT2D eigenvalue weighted by Gasteiger charge is 1.81. The van der Waals surface area contributed by atoms with Crippen LogP contribution >= 0.6 is 0 Å². The molecule has 1 amide bonds. The van der Waals surface area contributed by atoms with Gasteiger partial charge in [-0.05, 0) is 12.1 Å². The molecule has 0 aliphatic carbocycles. The molecule has 0 heterocycles. The minimum absolute atomic E-state index is 0. The Balaban J connectivity index is 0.000000810. The average molecular weight is 123 g/mol. The van der Waals surface area contributed by atoms with E-state index in [0.717, 1.165) is 5.69 Å². The number of amides is 1. The van der Waals surface area contributed by atoms with Gasteiger partial charge in [-0.2, -0.15) is 0 Å². The van der Waals surface area contributed by atoms with E-state index in [2.05, 4.69) is 5.32 Å². The Morgan fingerprint density at radius 2 is 2.00 bits per heavy atom. The van der Waals surface area contributed by atoms with Crippen LogP contribution in [-0.4, -0.2) is 6.41 Å². The van der Waals surface area contributed by atoms with E-state index in [1.165, 1.54) is 0 Å². The maximum atomic E-state index is 9.86. The molecule has 0 bridgehead atoms. The number of anilines is 1. The molecular formula is C7H9NO. The summed E-state index contributed by atoms with van der Waals surface area (Å²) >= 11 is 0. The second-order valence-electron chi connectivity index (χ2n) is 1.63. The Morgan fingerprint density at radius 1 is 1.33 bits per heavy atom. The number of carbonyl (C=O) groups excluding carboxylic acids is 1. The first-order valence-electron chi connectivity index (χ1n) is 2.69. The lowest BCUT2D eigenvalue weighted by molar-refractivity contribution is -0.105. The van der Waals surface area contributed by atoms with E-state index < -0.39 is 0 Å². The van der Waals surface area contributed by atoms with E-state index in [-0.39, 0.29) is 1.43 Å². The molecular weight excluding hydrogens is 114 g/mol. The van der Waals surface area contributed by atoms with E-state index in [0.29, 0.717) is 6.41 Å². The van der Waals surface area contributed by atoms with E-state index in [1.807, 2.05) is 30.3 Å². The fourth-order valence-corrected chi connectivity index (χ4v) is 0.602. The second kappa shape index (κ2) is 2.87. The van der Waals surface area contributed by atoms with Gasteiger partial charge in [0.2, 0.25) is 6.41 Å². The zero-order valence-corrected chi connectivity index (χ0v) is 4.87. The molecule has 0 fully saturated rings. The number of nitrogens with one attached hydrogen (secondary N) is 1. The molecule has 1 aromatic carbocycles. The number of rotatable bonds is 2. The molecule has 9 heavy (non-hydrogen) atoms. The Hall–Kier alpha value is -1.31. The zero-order valence-electron chi connectivity index (χ0n) is 4.87. The van der Waals surface area contributed by atoms with Crippen molar-refractivity contribution in [1.29, 1.82) is 0 Å². The summed E-state index contributed by atoms with van der Waals surface area (Å²) in [6.45, 7) is 0. The number of hydrogen-bond acceptors (Lipinski definition) is 1. The summed E-state index contributed by atoms with van der Waals surface area (Å²) < 4.78 is 0. The molecule has 1 rings (SSSR count). The quantitative estimate of drug-likeness (QED) is 0.593. The summed E-state index contributed by atoms with van der Waals surface area (Å²) in [5, 5.41) is 2.53. The van der Waals surface area contributed by atoms with Gasteiger partial charge in [-0.3, -0.25) is 4.79 Å². The largest absolute Gasteiger partial charge is 0.329 e.